The SMILES string of the molecule is O=C(NC[C@@H](c1ccccc1)N1CCCC1)c1ccc(N2C(=O)CCS2(=O)=O)cc1. The molecule has 4 rings (SSSR count). The van der Waals surface area contributed by atoms with Gasteiger partial charge in [-0.3, -0.25) is 14.5 Å². The molecular formula is C22H25N3O4S. The van der Waals surface area contributed by atoms with Gasteiger partial charge in [0, 0.05) is 18.5 Å². The fraction of sp³-hybridized carbons (Fsp3) is 0.364. The fourth-order valence-electron chi connectivity index (χ4n) is 4.09. The molecule has 1 N–H and O–H groups in total. The minimum absolute atomic E-state index is 0.0120. The zero-order valence-corrected chi connectivity index (χ0v) is 17.5. The van der Waals surface area contributed by atoms with Crippen molar-refractivity contribution in [3.63, 3.8) is 0 Å². The van der Waals surface area contributed by atoms with Gasteiger partial charge in [0.1, 0.15) is 0 Å². The highest BCUT2D eigenvalue weighted by Gasteiger charge is 2.36. The van der Waals surface area contributed by atoms with E-state index in [0.717, 1.165) is 30.2 Å². The molecule has 2 amide bonds. The predicted molar refractivity (Wildman–Crippen MR) is 115 cm³/mol. The minimum Gasteiger partial charge on any atom is -0.350 e. The zero-order valence-electron chi connectivity index (χ0n) is 16.7. The molecule has 0 aliphatic carbocycles. The average Bonchev–Trinajstić information content (AvgIpc) is 3.37. The molecule has 2 saturated heterocycles. The molecule has 0 spiro atoms. The molecule has 0 radical (unpaired) electrons. The normalized spacial score (nSPS) is 19.7. The Hall–Kier alpha value is -2.71. The van der Waals surface area contributed by atoms with Crippen LogP contribution in [0.4, 0.5) is 5.69 Å². The van der Waals surface area contributed by atoms with E-state index in [1.807, 2.05) is 18.2 Å². The molecule has 158 valence electrons. The van der Waals surface area contributed by atoms with Gasteiger partial charge in [0.05, 0.1) is 17.5 Å². The van der Waals surface area contributed by atoms with E-state index in [9.17, 15) is 18.0 Å². The molecule has 0 unspecified atom stereocenters. The third-order valence-electron chi connectivity index (χ3n) is 5.66. The van der Waals surface area contributed by atoms with Crippen molar-refractivity contribution in [1.82, 2.24) is 10.2 Å². The highest BCUT2D eigenvalue weighted by atomic mass is 32.2. The maximum Gasteiger partial charge on any atom is 0.251 e. The number of hydrogen-bond donors (Lipinski definition) is 1. The zero-order chi connectivity index (χ0) is 21.1. The van der Waals surface area contributed by atoms with Gasteiger partial charge >= 0.3 is 0 Å². The van der Waals surface area contributed by atoms with Crippen LogP contribution >= 0.6 is 0 Å². The van der Waals surface area contributed by atoms with Gasteiger partial charge in [-0.1, -0.05) is 30.3 Å². The largest absolute Gasteiger partial charge is 0.350 e. The molecule has 30 heavy (non-hydrogen) atoms. The Morgan fingerprint density at radius 1 is 1.00 bits per heavy atom. The molecule has 0 aromatic heterocycles. The number of hydrogen-bond acceptors (Lipinski definition) is 5. The van der Waals surface area contributed by atoms with Gasteiger partial charge in [0.2, 0.25) is 15.9 Å². The van der Waals surface area contributed by atoms with Crippen molar-refractivity contribution in [2.45, 2.75) is 25.3 Å². The second-order valence-electron chi connectivity index (χ2n) is 7.65. The number of rotatable bonds is 6. The van der Waals surface area contributed by atoms with Crippen molar-refractivity contribution in [2.75, 3.05) is 29.7 Å². The second-order valence-corrected chi connectivity index (χ2v) is 9.59. The Morgan fingerprint density at radius 3 is 2.27 bits per heavy atom. The van der Waals surface area contributed by atoms with E-state index in [4.69, 9.17) is 0 Å². The van der Waals surface area contributed by atoms with Crippen molar-refractivity contribution < 1.29 is 18.0 Å². The molecule has 2 heterocycles. The van der Waals surface area contributed by atoms with Gasteiger partial charge in [-0.2, -0.15) is 0 Å². The van der Waals surface area contributed by atoms with Crippen LogP contribution in [0.5, 0.6) is 0 Å². The molecule has 2 aliphatic heterocycles. The highest BCUT2D eigenvalue weighted by molar-refractivity contribution is 7.94. The Bertz CT molecular complexity index is 1020. The smallest absolute Gasteiger partial charge is 0.251 e. The number of carbonyl (C=O) groups excluding carboxylic acids is 2. The van der Waals surface area contributed by atoms with E-state index in [1.54, 1.807) is 12.1 Å². The Morgan fingerprint density at radius 2 is 1.67 bits per heavy atom. The summed E-state index contributed by atoms with van der Waals surface area (Å²) >= 11 is 0. The topological polar surface area (TPSA) is 86.8 Å². The number of nitrogens with zero attached hydrogens (tertiary/aromatic N) is 2. The molecule has 2 aromatic carbocycles. The Balaban J connectivity index is 1.45. The van der Waals surface area contributed by atoms with Gasteiger partial charge in [0.25, 0.3) is 5.91 Å². The van der Waals surface area contributed by atoms with Crippen molar-refractivity contribution in [2.24, 2.45) is 0 Å². The molecule has 2 aromatic rings. The van der Waals surface area contributed by atoms with E-state index in [1.165, 1.54) is 17.7 Å². The summed E-state index contributed by atoms with van der Waals surface area (Å²) in [5.74, 6) is -0.841. The van der Waals surface area contributed by atoms with E-state index < -0.39 is 15.9 Å². The lowest BCUT2D eigenvalue weighted by atomic mass is 10.1. The van der Waals surface area contributed by atoms with E-state index >= 15 is 0 Å². The number of anilines is 1. The van der Waals surface area contributed by atoms with Gasteiger partial charge in [-0.15, -0.1) is 0 Å². The fourth-order valence-corrected chi connectivity index (χ4v) is 5.55. The second kappa shape index (κ2) is 8.57. The van der Waals surface area contributed by atoms with E-state index in [0.29, 0.717) is 12.1 Å². The lowest BCUT2D eigenvalue weighted by molar-refractivity contribution is -0.116. The molecule has 1 atom stereocenters. The van der Waals surface area contributed by atoms with Gasteiger partial charge in [0.15, 0.2) is 0 Å². The quantitative estimate of drug-likeness (QED) is 0.765. The lowest BCUT2D eigenvalue weighted by Crippen LogP contribution is -2.36. The van der Waals surface area contributed by atoms with Crippen LogP contribution in [0.1, 0.15) is 41.2 Å². The third-order valence-corrected chi connectivity index (χ3v) is 7.36. The molecular weight excluding hydrogens is 402 g/mol. The number of carbonyl (C=O) groups is 2. The maximum absolute atomic E-state index is 12.7. The first-order chi connectivity index (χ1) is 14.5. The molecule has 0 bridgehead atoms. The summed E-state index contributed by atoms with van der Waals surface area (Å²) in [4.78, 5) is 27.0. The first kappa shape index (κ1) is 20.6. The van der Waals surface area contributed by atoms with Crippen LogP contribution in [-0.4, -0.2) is 50.5 Å². The van der Waals surface area contributed by atoms with Crippen molar-refractivity contribution in [3.8, 4) is 0 Å². The number of sulfonamides is 1. The number of nitrogens with one attached hydrogen (secondary N) is 1. The van der Waals surface area contributed by atoms with E-state index in [-0.39, 0.29) is 29.8 Å². The monoisotopic (exact) mass is 427 g/mol. The van der Waals surface area contributed by atoms with Gasteiger partial charge in [-0.05, 0) is 55.8 Å². The van der Waals surface area contributed by atoms with Crippen molar-refractivity contribution >= 4 is 27.5 Å². The summed E-state index contributed by atoms with van der Waals surface area (Å²) in [6, 6.07) is 16.4. The van der Waals surface area contributed by atoms with Crippen molar-refractivity contribution in [3.05, 3.63) is 65.7 Å². The predicted octanol–water partition coefficient (Wildman–Crippen LogP) is 2.32. The molecule has 0 saturated carbocycles. The number of benzene rings is 2. The van der Waals surface area contributed by atoms with Crippen LogP contribution in [0.3, 0.4) is 0 Å². The van der Waals surface area contributed by atoms with Crippen LogP contribution in [0.2, 0.25) is 0 Å². The van der Waals surface area contributed by atoms with Gasteiger partial charge < -0.3 is 5.32 Å². The Kier molecular flexibility index (Phi) is 5.87. The summed E-state index contributed by atoms with van der Waals surface area (Å²) < 4.78 is 24.9. The molecule has 8 heteroatoms. The summed E-state index contributed by atoms with van der Waals surface area (Å²) in [5.41, 5.74) is 1.87. The van der Waals surface area contributed by atoms with Crippen LogP contribution in [0.25, 0.3) is 0 Å². The Labute approximate surface area is 176 Å². The summed E-state index contributed by atoms with van der Waals surface area (Å²) in [6.07, 6.45) is 2.32. The van der Waals surface area contributed by atoms with E-state index in [2.05, 4.69) is 22.3 Å². The number of amides is 2. The maximum atomic E-state index is 12.7. The summed E-state index contributed by atoms with van der Waals surface area (Å²) in [7, 11) is -3.61. The lowest BCUT2D eigenvalue weighted by Gasteiger charge is -2.28. The van der Waals surface area contributed by atoms with Gasteiger partial charge in [-0.25, -0.2) is 12.7 Å². The first-order valence-corrected chi connectivity index (χ1v) is 11.8. The average molecular weight is 428 g/mol. The van der Waals surface area contributed by atoms with Crippen molar-refractivity contribution in [1.29, 1.82) is 0 Å². The first-order valence-electron chi connectivity index (χ1n) is 10.2. The molecule has 2 aliphatic rings. The molecule has 2 fully saturated rings. The highest BCUT2D eigenvalue weighted by Crippen LogP contribution is 2.26. The van der Waals surface area contributed by atoms with Crippen LogP contribution in [0, 0.1) is 0 Å². The summed E-state index contributed by atoms with van der Waals surface area (Å²) in [5, 5.41) is 3.01. The van der Waals surface area contributed by atoms with Crippen LogP contribution in [-0.2, 0) is 14.8 Å². The summed E-state index contributed by atoms with van der Waals surface area (Å²) in [6.45, 7) is 2.52. The molecule has 7 nitrogen and oxygen atoms in total. The minimum atomic E-state index is -3.61. The standard InChI is InChI=1S/C22H25N3O4S/c26-21-12-15-30(28,29)25(21)19-10-8-18(9-11-19)22(27)23-16-20(24-13-4-5-14-24)17-6-2-1-3-7-17/h1-3,6-11,20H,4-5,12-16H2,(H,23,27)/t20-/m0/s1. The van der Waals surface area contributed by atoms with Crippen LogP contribution in [0.15, 0.2) is 54.6 Å². The third kappa shape index (κ3) is 4.24. The van der Waals surface area contributed by atoms with Crippen LogP contribution < -0.4 is 9.62 Å². The number of likely N-dealkylation sites (tertiary alicyclic amines) is 1.